The molecule has 10 heteroatoms. The van der Waals surface area contributed by atoms with Crippen LogP contribution in [0.5, 0.6) is 0 Å². The lowest BCUT2D eigenvalue weighted by atomic mass is 10.3. The first-order valence-electron chi connectivity index (χ1n) is 6.75. The van der Waals surface area contributed by atoms with Gasteiger partial charge in [0.2, 0.25) is 15.9 Å². The molecule has 2 rings (SSSR count). The predicted molar refractivity (Wildman–Crippen MR) is 87.4 cm³/mol. The van der Waals surface area contributed by atoms with Crippen LogP contribution < -0.4 is 10.5 Å². The fourth-order valence-corrected chi connectivity index (χ4v) is 3.19. The number of aryl methyl sites for hydroxylation is 1. The Morgan fingerprint density at radius 3 is 2.52 bits per heavy atom. The molecule has 1 aromatic heterocycles. The molecule has 1 heterocycles. The number of nitrogens with two attached hydrogens (primary N) is 1. The molecular formula is C13H17N5O3S2. The van der Waals surface area contributed by atoms with E-state index < -0.39 is 10.0 Å². The van der Waals surface area contributed by atoms with Gasteiger partial charge in [-0.05, 0) is 30.7 Å². The van der Waals surface area contributed by atoms with Crippen molar-refractivity contribution in [2.24, 2.45) is 12.2 Å². The second-order valence-electron chi connectivity index (χ2n) is 4.80. The van der Waals surface area contributed by atoms with E-state index in [4.69, 9.17) is 5.14 Å². The Morgan fingerprint density at radius 2 is 2.04 bits per heavy atom. The topological polar surface area (TPSA) is 120 Å². The van der Waals surface area contributed by atoms with Gasteiger partial charge < -0.3 is 9.88 Å². The number of carbonyl (C=O) groups excluding carboxylic acids is 1. The van der Waals surface area contributed by atoms with Crippen LogP contribution in [-0.4, -0.2) is 34.3 Å². The van der Waals surface area contributed by atoms with Crippen LogP contribution in [0, 0.1) is 0 Å². The highest BCUT2D eigenvalue weighted by atomic mass is 32.2. The van der Waals surface area contributed by atoms with E-state index in [0.29, 0.717) is 17.3 Å². The molecule has 1 aromatic carbocycles. The maximum atomic E-state index is 12.3. The number of amides is 1. The third-order valence-electron chi connectivity index (χ3n) is 3.03. The molecule has 1 atom stereocenters. The first kappa shape index (κ1) is 17.4. The molecule has 124 valence electrons. The Hall–Kier alpha value is -1.91. The van der Waals surface area contributed by atoms with Crippen molar-refractivity contribution >= 4 is 33.4 Å². The van der Waals surface area contributed by atoms with E-state index >= 15 is 0 Å². The van der Waals surface area contributed by atoms with Gasteiger partial charge in [0.15, 0.2) is 5.16 Å². The Labute approximate surface area is 138 Å². The molecule has 8 nitrogen and oxygen atoms in total. The number of anilines is 1. The SMILES string of the molecule is CCC(Sc1nncn1C)C(=O)Nc1ccc(S(N)(=O)=O)cc1. The van der Waals surface area contributed by atoms with E-state index in [1.54, 1.807) is 17.9 Å². The quantitative estimate of drug-likeness (QED) is 0.745. The van der Waals surface area contributed by atoms with Crippen molar-refractivity contribution < 1.29 is 13.2 Å². The van der Waals surface area contributed by atoms with E-state index in [-0.39, 0.29) is 16.1 Å². The zero-order valence-electron chi connectivity index (χ0n) is 12.6. The molecule has 0 aliphatic rings. The fourth-order valence-electron chi connectivity index (χ4n) is 1.78. The first-order chi connectivity index (χ1) is 10.8. The van der Waals surface area contributed by atoms with Crippen LogP contribution in [0.4, 0.5) is 5.69 Å². The lowest BCUT2D eigenvalue weighted by molar-refractivity contribution is -0.115. The molecule has 0 aliphatic heterocycles. The minimum atomic E-state index is -3.74. The van der Waals surface area contributed by atoms with Gasteiger partial charge in [-0.15, -0.1) is 10.2 Å². The molecule has 0 saturated heterocycles. The number of aromatic nitrogens is 3. The van der Waals surface area contributed by atoms with Crippen LogP contribution in [0.1, 0.15) is 13.3 Å². The molecule has 0 radical (unpaired) electrons. The molecule has 0 spiro atoms. The van der Waals surface area contributed by atoms with Crippen LogP contribution in [0.25, 0.3) is 0 Å². The third kappa shape index (κ3) is 4.53. The van der Waals surface area contributed by atoms with Crippen molar-refractivity contribution in [3.8, 4) is 0 Å². The lowest BCUT2D eigenvalue weighted by Gasteiger charge is -2.14. The summed E-state index contributed by atoms with van der Waals surface area (Å²) < 4.78 is 24.1. The van der Waals surface area contributed by atoms with Gasteiger partial charge in [0.25, 0.3) is 0 Å². The number of hydrogen-bond acceptors (Lipinski definition) is 6. The maximum Gasteiger partial charge on any atom is 0.238 e. The average molecular weight is 355 g/mol. The van der Waals surface area contributed by atoms with Crippen LogP contribution in [-0.2, 0) is 21.9 Å². The normalized spacial score (nSPS) is 12.8. The van der Waals surface area contributed by atoms with E-state index in [9.17, 15) is 13.2 Å². The molecule has 1 unspecified atom stereocenters. The molecule has 0 aliphatic carbocycles. The number of carbonyl (C=O) groups is 1. The summed E-state index contributed by atoms with van der Waals surface area (Å²) in [4.78, 5) is 12.3. The van der Waals surface area contributed by atoms with Crippen LogP contribution in [0.2, 0.25) is 0 Å². The van der Waals surface area contributed by atoms with E-state index in [1.165, 1.54) is 36.0 Å². The largest absolute Gasteiger partial charge is 0.325 e. The number of nitrogens with zero attached hydrogens (tertiary/aromatic N) is 3. The number of nitrogens with one attached hydrogen (secondary N) is 1. The van der Waals surface area contributed by atoms with E-state index in [1.807, 2.05) is 6.92 Å². The van der Waals surface area contributed by atoms with E-state index in [0.717, 1.165) is 0 Å². The molecule has 0 saturated carbocycles. The number of rotatable bonds is 6. The van der Waals surface area contributed by atoms with Crippen molar-refractivity contribution in [1.82, 2.24) is 14.8 Å². The summed E-state index contributed by atoms with van der Waals surface area (Å²) in [5.74, 6) is -0.191. The maximum absolute atomic E-state index is 12.3. The monoisotopic (exact) mass is 355 g/mol. The number of sulfonamides is 1. The summed E-state index contributed by atoms with van der Waals surface area (Å²) in [5.41, 5.74) is 0.499. The number of benzene rings is 1. The average Bonchev–Trinajstić information content (AvgIpc) is 2.89. The predicted octanol–water partition coefficient (Wildman–Crippen LogP) is 0.972. The Kier molecular flexibility index (Phi) is 5.39. The molecule has 0 bridgehead atoms. The Bertz CT molecular complexity index is 786. The second kappa shape index (κ2) is 7.11. The molecule has 2 aromatic rings. The zero-order chi connectivity index (χ0) is 17.0. The first-order valence-corrected chi connectivity index (χ1v) is 9.18. The van der Waals surface area contributed by atoms with Crippen molar-refractivity contribution in [3.63, 3.8) is 0 Å². The van der Waals surface area contributed by atoms with Gasteiger partial charge in [0, 0.05) is 12.7 Å². The van der Waals surface area contributed by atoms with Gasteiger partial charge >= 0.3 is 0 Å². The van der Waals surface area contributed by atoms with Crippen molar-refractivity contribution in [2.45, 2.75) is 28.6 Å². The minimum Gasteiger partial charge on any atom is -0.325 e. The number of primary sulfonamides is 1. The van der Waals surface area contributed by atoms with Gasteiger partial charge in [0.05, 0.1) is 10.1 Å². The smallest absolute Gasteiger partial charge is 0.238 e. The highest BCUT2D eigenvalue weighted by Crippen LogP contribution is 2.24. The Balaban J connectivity index is 2.06. The molecule has 0 fully saturated rings. The fraction of sp³-hybridized carbons (Fsp3) is 0.308. The summed E-state index contributed by atoms with van der Waals surface area (Å²) >= 11 is 1.32. The highest BCUT2D eigenvalue weighted by Gasteiger charge is 2.20. The van der Waals surface area contributed by atoms with Crippen molar-refractivity contribution in [2.75, 3.05) is 5.32 Å². The van der Waals surface area contributed by atoms with Crippen LogP contribution in [0.15, 0.2) is 40.6 Å². The Morgan fingerprint density at radius 1 is 1.39 bits per heavy atom. The van der Waals surface area contributed by atoms with Crippen LogP contribution in [0.3, 0.4) is 0 Å². The van der Waals surface area contributed by atoms with Gasteiger partial charge in [-0.3, -0.25) is 4.79 Å². The summed E-state index contributed by atoms with van der Waals surface area (Å²) in [6, 6.07) is 5.69. The highest BCUT2D eigenvalue weighted by molar-refractivity contribution is 8.00. The lowest BCUT2D eigenvalue weighted by Crippen LogP contribution is -2.25. The van der Waals surface area contributed by atoms with Crippen LogP contribution >= 0.6 is 11.8 Å². The number of thioether (sulfide) groups is 1. The third-order valence-corrected chi connectivity index (χ3v) is 5.37. The van der Waals surface area contributed by atoms with E-state index in [2.05, 4.69) is 15.5 Å². The zero-order valence-corrected chi connectivity index (χ0v) is 14.3. The standard InChI is InChI=1S/C13H17N5O3S2/c1-3-11(22-13-17-15-8-18(13)2)12(19)16-9-4-6-10(7-5-9)23(14,20)21/h4-8,11H,3H2,1-2H3,(H,16,19)(H2,14,20,21). The summed E-state index contributed by atoms with van der Waals surface area (Å²) in [5, 5.41) is 15.8. The molecule has 1 amide bonds. The second-order valence-corrected chi connectivity index (χ2v) is 7.53. The number of hydrogen-bond donors (Lipinski definition) is 2. The summed E-state index contributed by atoms with van der Waals surface area (Å²) in [6.07, 6.45) is 2.18. The summed E-state index contributed by atoms with van der Waals surface area (Å²) in [6.45, 7) is 1.90. The van der Waals surface area contributed by atoms with Gasteiger partial charge in [0.1, 0.15) is 6.33 Å². The van der Waals surface area contributed by atoms with Crippen molar-refractivity contribution in [3.05, 3.63) is 30.6 Å². The molecule has 23 heavy (non-hydrogen) atoms. The summed E-state index contributed by atoms with van der Waals surface area (Å²) in [7, 11) is -1.94. The van der Waals surface area contributed by atoms with Gasteiger partial charge in [-0.25, -0.2) is 13.6 Å². The van der Waals surface area contributed by atoms with Gasteiger partial charge in [-0.2, -0.15) is 0 Å². The molecular weight excluding hydrogens is 338 g/mol. The van der Waals surface area contributed by atoms with Gasteiger partial charge in [-0.1, -0.05) is 18.7 Å². The minimum absolute atomic E-state index is 0.00370. The molecule has 3 N–H and O–H groups in total. The van der Waals surface area contributed by atoms with Crippen molar-refractivity contribution in [1.29, 1.82) is 0 Å².